The fraction of sp³-hybridized carbons (Fsp3) is 0.537. The summed E-state index contributed by atoms with van der Waals surface area (Å²) in [6.45, 7) is 10.3. The number of fused-ring (bicyclic) bond motifs is 4. The fourth-order valence-electron chi connectivity index (χ4n) is 7.56. The molecule has 8 nitrogen and oxygen atoms in total. The molecule has 1 amide bonds. The summed E-state index contributed by atoms with van der Waals surface area (Å²) >= 11 is 0. The van der Waals surface area contributed by atoms with Crippen LogP contribution in [0, 0.1) is 19.7 Å². The smallest absolute Gasteiger partial charge is 0.416 e. The zero-order valence-electron chi connectivity index (χ0n) is 31.1. The molecule has 1 aromatic heterocycles. The quantitative estimate of drug-likeness (QED) is 0.202. The number of halogens is 4. The number of ether oxygens (including phenoxy) is 1. The molecule has 0 unspecified atom stereocenters. The number of carbonyl (C=O) groups excluding carboxylic acids is 1. The molecule has 5 rings (SSSR count). The van der Waals surface area contributed by atoms with Gasteiger partial charge in [-0.25, -0.2) is 4.39 Å². The Morgan fingerprint density at radius 1 is 0.981 bits per heavy atom. The third-order valence-electron chi connectivity index (χ3n) is 10.5. The molecule has 0 saturated heterocycles. The van der Waals surface area contributed by atoms with Crippen LogP contribution in [0.2, 0.25) is 0 Å². The number of carbonyl (C=O) groups is 2. The zero-order chi connectivity index (χ0) is 38.4. The first-order valence-electron chi connectivity index (χ1n) is 18.9. The number of nitrogens with zero attached hydrogens (tertiary/aromatic N) is 2. The van der Waals surface area contributed by atoms with Gasteiger partial charge in [0.2, 0.25) is 5.91 Å². The molecule has 1 aliphatic carbocycles. The minimum atomic E-state index is -4.78. The Bertz CT molecular complexity index is 1850. The lowest BCUT2D eigenvalue weighted by molar-refractivity contribution is -0.139. The van der Waals surface area contributed by atoms with Gasteiger partial charge in [0.15, 0.2) is 0 Å². The van der Waals surface area contributed by atoms with E-state index in [1.54, 1.807) is 12.1 Å². The number of nitrogens with one attached hydrogen (secondary N) is 1. The summed E-state index contributed by atoms with van der Waals surface area (Å²) in [5, 5.41) is 12.8. The maximum Gasteiger partial charge on any atom is 0.416 e. The van der Waals surface area contributed by atoms with Gasteiger partial charge in [0.1, 0.15) is 17.6 Å². The highest BCUT2D eigenvalue weighted by atomic mass is 19.4. The van der Waals surface area contributed by atoms with Crippen molar-refractivity contribution in [2.45, 2.75) is 116 Å². The van der Waals surface area contributed by atoms with Gasteiger partial charge in [0, 0.05) is 23.4 Å². The van der Waals surface area contributed by atoms with Crippen LogP contribution in [-0.2, 0) is 22.2 Å². The number of pyridine rings is 1. The molecule has 2 aromatic carbocycles. The normalized spacial score (nSPS) is 18.7. The van der Waals surface area contributed by atoms with Crippen LogP contribution < -0.4 is 15.6 Å². The third-order valence-corrected chi connectivity index (χ3v) is 10.5. The predicted molar refractivity (Wildman–Crippen MR) is 196 cm³/mol. The molecular weight excluding hydrogens is 690 g/mol. The fourth-order valence-corrected chi connectivity index (χ4v) is 7.56. The van der Waals surface area contributed by atoms with E-state index in [2.05, 4.69) is 10.2 Å². The van der Waals surface area contributed by atoms with Gasteiger partial charge in [-0.05, 0) is 124 Å². The average molecular weight is 742 g/mol. The van der Waals surface area contributed by atoms with E-state index in [0.29, 0.717) is 61.8 Å². The van der Waals surface area contributed by atoms with E-state index in [9.17, 15) is 32.7 Å². The van der Waals surface area contributed by atoms with Gasteiger partial charge >= 0.3 is 12.1 Å². The van der Waals surface area contributed by atoms with Crippen molar-refractivity contribution >= 4 is 11.9 Å². The molecule has 2 atom stereocenters. The number of alkyl halides is 3. The van der Waals surface area contributed by atoms with Gasteiger partial charge in [-0.2, -0.15) is 13.2 Å². The first-order valence-corrected chi connectivity index (χ1v) is 18.9. The van der Waals surface area contributed by atoms with Crippen molar-refractivity contribution in [3.63, 3.8) is 0 Å². The van der Waals surface area contributed by atoms with Gasteiger partial charge in [-0.3, -0.25) is 14.4 Å². The molecule has 53 heavy (non-hydrogen) atoms. The number of aliphatic carboxylic acids is 1. The number of hydrogen-bond acceptors (Lipinski definition) is 5. The number of amides is 1. The van der Waals surface area contributed by atoms with Gasteiger partial charge in [-0.15, -0.1) is 0 Å². The number of benzene rings is 2. The molecule has 2 heterocycles. The van der Waals surface area contributed by atoms with Crippen LogP contribution >= 0.6 is 0 Å². The van der Waals surface area contributed by atoms with Crippen molar-refractivity contribution < 1.29 is 37.0 Å². The van der Waals surface area contributed by atoms with Crippen molar-refractivity contribution in [3.8, 4) is 16.9 Å². The summed E-state index contributed by atoms with van der Waals surface area (Å²) in [6.07, 6.45) is 0.321. The van der Waals surface area contributed by atoms with E-state index in [1.807, 2.05) is 39.8 Å². The van der Waals surface area contributed by atoms with Crippen molar-refractivity contribution in [3.05, 3.63) is 86.1 Å². The zero-order valence-corrected chi connectivity index (χ0v) is 31.1. The first kappa shape index (κ1) is 40.0. The number of rotatable bonds is 10. The highest BCUT2D eigenvalue weighted by molar-refractivity contribution is 5.82. The van der Waals surface area contributed by atoms with Crippen molar-refractivity contribution in [2.24, 2.45) is 0 Å². The van der Waals surface area contributed by atoms with E-state index < -0.39 is 53.5 Å². The monoisotopic (exact) mass is 741 g/mol. The number of carboxylic acids is 1. The second-order valence-corrected chi connectivity index (χ2v) is 14.5. The molecule has 1 aliphatic heterocycles. The highest BCUT2D eigenvalue weighted by Gasteiger charge is 2.36. The topological polar surface area (TPSA) is 101 Å². The lowest BCUT2D eigenvalue weighted by atomic mass is 9.90. The lowest BCUT2D eigenvalue weighted by Gasteiger charge is -2.27. The van der Waals surface area contributed by atoms with Crippen molar-refractivity contribution in [2.75, 3.05) is 26.2 Å². The summed E-state index contributed by atoms with van der Waals surface area (Å²) in [6, 6.07) is 5.26. The summed E-state index contributed by atoms with van der Waals surface area (Å²) < 4.78 is 66.6. The summed E-state index contributed by atoms with van der Waals surface area (Å²) in [4.78, 5) is 42.2. The molecule has 2 bridgehead atoms. The lowest BCUT2D eigenvalue weighted by Crippen LogP contribution is -2.40. The largest absolute Gasteiger partial charge is 0.493 e. The second kappa shape index (κ2) is 17.3. The second-order valence-electron chi connectivity index (χ2n) is 14.5. The van der Waals surface area contributed by atoms with Crippen molar-refractivity contribution in [1.82, 2.24) is 14.8 Å². The number of aromatic nitrogens is 1. The Hall–Kier alpha value is -4.19. The van der Waals surface area contributed by atoms with Gasteiger partial charge in [-0.1, -0.05) is 39.2 Å². The van der Waals surface area contributed by atoms with Crippen LogP contribution in [0.5, 0.6) is 5.75 Å². The van der Waals surface area contributed by atoms with Gasteiger partial charge < -0.3 is 24.6 Å². The minimum absolute atomic E-state index is 0.00576. The SMILES string of the molecule is CCN(CC)CCCc1cn([C@H]2CCCCCCOc3cc(C)cc(C)c3-c3cc(C4CC4)c(F)c(c3)[C@H](CC(=O)O)NC2=O)c(=O)cc1C(F)(F)F. The standard InChI is InChI=1S/C41H51F4N3O5/c1-5-47(6-2)16-11-12-28-24-48(36(49)22-32(28)41(43,44)45)34-13-9-7-8-10-17-53-35-19-25(3)18-26(4)38(35)29-20-30(27-14-15-27)39(42)31(21-29)33(23-37(50)51)46-40(34)52/h18-22,24,27,33-34H,5-17,23H2,1-4H3,(H,46,52)(H,50,51)/t33-,34-/m0/s1. The molecule has 3 aromatic rings. The van der Waals surface area contributed by atoms with Crippen LogP contribution in [0.25, 0.3) is 11.1 Å². The molecule has 2 N–H and O–H groups in total. The molecule has 2 aliphatic rings. The van der Waals surface area contributed by atoms with Crippen LogP contribution in [0.4, 0.5) is 17.6 Å². The van der Waals surface area contributed by atoms with Crippen molar-refractivity contribution in [1.29, 1.82) is 0 Å². The Balaban J connectivity index is 1.61. The van der Waals surface area contributed by atoms with Crippen LogP contribution in [0.1, 0.15) is 123 Å². The minimum Gasteiger partial charge on any atom is -0.493 e. The van der Waals surface area contributed by atoms with E-state index >= 15 is 4.39 Å². The average Bonchev–Trinajstić information content (AvgIpc) is 3.93. The van der Waals surface area contributed by atoms with Gasteiger partial charge in [0.05, 0.1) is 24.6 Å². The van der Waals surface area contributed by atoms with E-state index in [1.165, 1.54) is 0 Å². The summed E-state index contributed by atoms with van der Waals surface area (Å²) in [7, 11) is 0. The Morgan fingerprint density at radius 3 is 2.34 bits per heavy atom. The number of hydrogen-bond donors (Lipinski definition) is 2. The molecule has 288 valence electrons. The maximum atomic E-state index is 16.5. The predicted octanol–water partition coefficient (Wildman–Crippen LogP) is 8.66. The molecule has 12 heteroatoms. The Labute approximate surface area is 308 Å². The molecule has 1 fully saturated rings. The molecule has 0 radical (unpaired) electrons. The van der Waals surface area contributed by atoms with Gasteiger partial charge in [0.25, 0.3) is 5.56 Å². The van der Waals surface area contributed by atoms with E-state index in [0.717, 1.165) is 59.8 Å². The molecular formula is C41H51F4N3O5. The Morgan fingerprint density at radius 2 is 1.68 bits per heavy atom. The summed E-state index contributed by atoms with van der Waals surface area (Å²) in [5.41, 5.74) is 1.59. The summed E-state index contributed by atoms with van der Waals surface area (Å²) in [5.74, 6) is -2.06. The molecule has 1 saturated carbocycles. The third kappa shape index (κ3) is 9.87. The highest BCUT2D eigenvalue weighted by Crippen LogP contribution is 2.46. The van der Waals surface area contributed by atoms with E-state index in [-0.39, 0.29) is 29.9 Å². The van der Waals surface area contributed by atoms with Crippen LogP contribution in [-0.4, -0.2) is 52.7 Å². The number of aryl methyl sites for hydroxylation is 3. The molecule has 0 spiro atoms. The van der Waals surface area contributed by atoms with Crippen LogP contribution in [0.15, 0.2) is 41.3 Å². The maximum absolute atomic E-state index is 16.5. The first-order chi connectivity index (χ1) is 25.2. The van der Waals surface area contributed by atoms with E-state index in [4.69, 9.17) is 4.74 Å². The van der Waals surface area contributed by atoms with Crippen LogP contribution in [0.3, 0.4) is 0 Å². The number of carboxylic acid groups (broad SMARTS) is 1. The Kier molecular flexibility index (Phi) is 13.1.